The van der Waals surface area contributed by atoms with E-state index in [9.17, 15) is 4.79 Å². The highest BCUT2D eigenvalue weighted by molar-refractivity contribution is 5.76. The van der Waals surface area contributed by atoms with Gasteiger partial charge in [-0.1, -0.05) is 30.3 Å². The van der Waals surface area contributed by atoms with Gasteiger partial charge in [-0.15, -0.1) is 0 Å². The van der Waals surface area contributed by atoms with Crippen LogP contribution in [0.25, 0.3) is 0 Å². The largest absolute Gasteiger partial charge is 0.492 e. The molecule has 3 heteroatoms. The average molecular weight is 277 g/mol. The third-order valence-corrected chi connectivity index (χ3v) is 3.86. The summed E-state index contributed by atoms with van der Waals surface area (Å²) >= 11 is 0. The second-order valence-electron chi connectivity index (χ2n) is 5.31. The minimum atomic E-state index is 0.413. The number of nitriles is 1. The molecule has 0 unspecified atom stereocenters. The minimum Gasteiger partial charge on any atom is -0.492 e. The van der Waals surface area contributed by atoms with E-state index >= 15 is 0 Å². The van der Waals surface area contributed by atoms with Gasteiger partial charge in [0.05, 0.1) is 12.2 Å². The molecule has 0 aromatic heterocycles. The molecular weight excluding hydrogens is 262 g/mol. The number of nitrogens with zero attached hydrogens (tertiary/aromatic N) is 1. The van der Waals surface area contributed by atoms with Gasteiger partial charge < -0.3 is 4.74 Å². The Morgan fingerprint density at radius 3 is 2.76 bits per heavy atom. The lowest BCUT2D eigenvalue weighted by atomic mass is 10.1. The van der Waals surface area contributed by atoms with Gasteiger partial charge in [0.1, 0.15) is 18.1 Å². The van der Waals surface area contributed by atoms with Crippen molar-refractivity contribution >= 4 is 6.29 Å². The fourth-order valence-corrected chi connectivity index (χ4v) is 2.57. The number of aldehydes is 1. The molecule has 0 bridgehead atoms. The molecule has 0 radical (unpaired) electrons. The molecule has 1 saturated carbocycles. The summed E-state index contributed by atoms with van der Waals surface area (Å²) in [6.07, 6.45) is 1.86. The van der Waals surface area contributed by atoms with Crippen molar-refractivity contribution in [3.63, 3.8) is 0 Å². The van der Waals surface area contributed by atoms with Crippen molar-refractivity contribution in [1.29, 1.82) is 5.26 Å². The Morgan fingerprint density at radius 2 is 2.05 bits per heavy atom. The first kappa shape index (κ1) is 13.4. The monoisotopic (exact) mass is 277 g/mol. The number of ether oxygens (including phenoxy) is 1. The van der Waals surface area contributed by atoms with Gasteiger partial charge in [-0.05, 0) is 36.1 Å². The molecular formula is C18H15NO2. The SMILES string of the molecule is N#Cc1cc(C=O)ccc1OC[C@H]1C[C@@H]1c1ccccc1. The Morgan fingerprint density at radius 1 is 1.24 bits per heavy atom. The smallest absolute Gasteiger partial charge is 0.150 e. The Kier molecular flexibility index (Phi) is 3.70. The number of carbonyl (C=O) groups is 1. The third-order valence-electron chi connectivity index (χ3n) is 3.86. The first-order valence-corrected chi connectivity index (χ1v) is 6.99. The fraction of sp³-hybridized carbons (Fsp3) is 0.222. The number of carbonyl (C=O) groups excluding carboxylic acids is 1. The number of hydrogen-bond donors (Lipinski definition) is 0. The Labute approximate surface area is 123 Å². The van der Waals surface area contributed by atoms with Gasteiger partial charge in [0.2, 0.25) is 0 Å². The van der Waals surface area contributed by atoms with Crippen LogP contribution in [-0.2, 0) is 0 Å². The van der Waals surface area contributed by atoms with Crippen LogP contribution in [0.3, 0.4) is 0 Å². The van der Waals surface area contributed by atoms with Crippen molar-refractivity contribution in [3.05, 3.63) is 65.2 Å². The summed E-state index contributed by atoms with van der Waals surface area (Å²) in [5.41, 5.74) is 2.26. The molecule has 1 fully saturated rings. The summed E-state index contributed by atoms with van der Waals surface area (Å²) in [6.45, 7) is 0.606. The first-order chi connectivity index (χ1) is 10.3. The predicted octanol–water partition coefficient (Wildman–Crippen LogP) is 3.55. The quantitative estimate of drug-likeness (QED) is 0.785. The zero-order chi connectivity index (χ0) is 14.7. The second kappa shape index (κ2) is 5.80. The van der Waals surface area contributed by atoms with Crippen LogP contribution in [0.5, 0.6) is 5.75 Å². The van der Waals surface area contributed by atoms with Crippen molar-refractivity contribution in [2.75, 3.05) is 6.61 Å². The minimum absolute atomic E-state index is 0.413. The summed E-state index contributed by atoms with van der Waals surface area (Å²) in [5, 5.41) is 9.10. The predicted molar refractivity (Wildman–Crippen MR) is 79.3 cm³/mol. The molecule has 104 valence electrons. The topological polar surface area (TPSA) is 50.1 Å². The molecule has 3 rings (SSSR count). The molecule has 0 aliphatic heterocycles. The molecule has 2 aromatic rings. The molecule has 0 heterocycles. The Balaban J connectivity index is 1.62. The van der Waals surface area contributed by atoms with E-state index in [2.05, 4.69) is 30.3 Å². The standard InChI is InChI=1S/C18H15NO2/c19-10-15-8-13(11-20)6-7-18(15)21-12-16-9-17(16)14-4-2-1-3-5-14/h1-8,11,16-17H,9,12H2/t16-,17-/m1/s1. The van der Waals surface area contributed by atoms with E-state index in [1.807, 2.05) is 6.07 Å². The van der Waals surface area contributed by atoms with Crippen molar-refractivity contribution in [3.8, 4) is 11.8 Å². The maximum absolute atomic E-state index is 10.7. The van der Waals surface area contributed by atoms with Gasteiger partial charge >= 0.3 is 0 Å². The van der Waals surface area contributed by atoms with Crippen LogP contribution in [0.2, 0.25) is 0 Å². The fourth-order valence-electron chi connectivity index (χ4n) is 2.57. The van der Waals surface area contributed by atoms with E-state index in [1.165, 1.54) is 5.56 Å². The van der Waals surface area contributed by atoms with E-state index in [0.29, 0.717) is 35.3 Å². The molecule has 1 aliphatic rings. The molecule has 3 nitrogen and oxygen atoms in total. The highest BCUT2D eigenvalue weighted by Crippen LogP contribution is 2.47. The van der Waals surface area contributed by atoms with E-state index in [-0.39, 0.29) is 0 Å². The summed E-state index contributed by atoms with van der Waals surface area (Å²) in [7, 11) is 0. The molecule has 21 heavy (non-hydrogen) atoms. The normalized spacial score (nSPS) is 19.6. The van der Waals surface area contributed by atoms with Gasteiger partial charge in [-0.3, -0.25) is 4.79 Å². The van der Waals surface area contributed by atoms with Crippen LogP contribution in [0.4, 0.5) is 0 Å². The van der Waals surface area contributed by atoms with Crippen molar-refractivity contribution in [2.45, 2.75) is 12.3 Å². The van der Waals surface area contributed by atoms with Gasteiger partial charge in [-0.2, -0.15) is 5.26 Å². The van der Waals surface area contributed by atoms with Crippen molar-refractivity contribution in [1.82, 2.24) is 0 Å². The van der Waals surface area contributed by atoms with Crippen LogP contribution < -0.4 is 4.74 Å². The molecule has 2 atom stereocenters. The van der Waals surface area contributed by atoms with Gasteiger partial charge in [-0.25, -0.2) is 0 Å². The molecule has 1 aliphatic carbocycles. The Bertz CT molecular complexity index is 688. The highest BCUT2D eigenvalue weighted by Gasteiger charge is 2.38. The molecule has 0 amide bonds. The lowest BCUT2D eigenvalue weighted by molar-refractivity contribution is 0.112. The van der Waals surface area contributed by atoms with E-state index in [4.69, 9.17) is 10.00 Å². The van der Waals surface area contributed by atoms with Gasteiger partial charge in [0.15, 0.2) is 0 Å². The van der Waals surface area contributed by atoms with E-state index < -0.39 is 0 Å². The van der Waals surface area contributed by atoms with Crippen LogP contribution in [-0.4, -0.2) is 12.9 Å². The number of rotatable bonds is 5. The zero-order valence-corrected chi connectivity index (χ0v) is 11.5. The van der Waals surface area contributed by atoms with Crippen LogP contribution >= 0.6 is 0 Å². The highest BCUT2D eigenvalue weighted by atomic mass is 16.5. The first-order valence-electron chi connectivity index (χ1n) is 6.99. The average Bonchev–Trinajstić information content (AvgIpc) is 3.33. The number of benzene rings is 2. The lowest BCUT2D eigenvalue weighted by Gasteiger charge is -2.08. The zero-order valence-electron chi connectivity index (χ0n) is 11.5. The van der Waals surface area contributed by atoms with Crippen LogP contribution in [0.15, 0.2) is 48.5 Å². The van der Waals surface area contributed by atoms with Crippen molar-refractivity contribution in [2.24, 2.45) is 5.92 Å². The van der Waals surface area contributed by atoms with Gasteiger partial charge in [0, 0.05) is 11.5 Å². The maximum Gasteiger partial charge on any atom is 0.150 e. The van der Waals surface area contributed by atoms with Gasteiger partial charge in [0.25, 0.3) is 0 Å². The summed E-state index contributed by atoms with van der Waals surface area (Å²) in [4.78, 5) is 10.7. The van der Waals surface area contributed by atoms with E-state index in [1.54, 1.807) is 18.2 Å². The summed E-state index contributed by atoms with van der Waals surface area (Å²) < 4.78 is 5.76. The lowest BCUT2D eigenvalue weighted by Crippen LogP contribution is -2.02. The second-order valence-corrected chi connectivity index (χ2v) is 5.31. The molecule has 2 aromatic carbocycles. The Hall–Kier alpha value is -2.60. The summed E-state index contributed by atoms with van der Waals surface area (Å²) in [5.74, 6) is 1.62. The molecule has 0 spiro atoms. The van der Waals surface area contributed by atoms with Crippen molar-refractivity contribution < 1.29 is 9.53 Å². The summed E-state index contributed by atoms with van der Waals surface area (Å²) in [6, 6.07) is 17.4. The number of hydrogen-bond acceptors (Lipinski definition) is 3. The molecule has 0 saturated heterocycles. The molecule has 0 N–H and O–H groups in total. The van der Waals surface area contributed by atoms with Crippen LogP contribution in [0, 0.1) is 17.2 Å². The van der Waals surface area contributed by atoms with E-state index in [0.717, 1.165) is 12.7 Å². The van der Waals surface area contributed by atoms with Crippen LogP contribution in [0.1, 0.15) is 33.8 Å². The maximum atomic E-state index is 10.7. The third kappa shape index (κ3) is 2.95.